The van der Waals surface area contributed by atoms with Crippen molar-refractivity contribution in [1.29, 1.82) is 0 Å². The zero-order valence-electron chi connectivity index (χ0n) is 8.00. The van der Waals surface area contributed by atoms with E-state index in [0.717, 1.165) is 5.56 Å². The third kappa shape index (κ3) is 2.93. The molecule has 2 N–H and O–H groups in total. The maximum atomic E-state index is 10.8. The Bertz CT molecular complexity index is 390. The number of carboxylic acid groups (broad SMARTS) is 1. The molecule has 0 aliphatic rings. The number of hydrogen-bond donors (Lipinski definition) is 2. The normalized spacial score (nSPS) is 12.5. The Morgan fingerprint density at radius 1 is 1.60 bits per heavy atom. The third-order valence-electron chi connectivity index (χ3n) is 1.91. The van der Waals surface area contributed by atoms with E-state index < -0.39 is 12.1 Å². The van der Waals surface area contributed by atoms with Crippen LogP contribution in [0.2, 0.25) is 5.02 Å². The van der Waals surface area contributed by atoms with E-state index in [1.54, 1.807) is 13.0 Å². The van der Waals surface area contributed by atoms with Crippen LogP contribution in [0.5, 0.6) is 0 Å². The predicted molar refractivity (Wildman–Crippen MR) is 61.5 cm³/mol. The molecule has 0 aliphatic carbocycles. The summed E-state index contributed by atoms with van der Waals surface area (Å²) < 4.78 is 0.356. The van der Waals surface area contributed by atoms with Gasteiger partial charge >= 0.3 is 5.97 Å². The van der Waals surface area contributed by atoms with Crippen molar-refractivity contribution in [3.63, 3.8) is 0 Å². The third-order valence-corrected chi connectivity index (χ3v) is 3.39. The summed E-state index contributed by atoms with van der Waals surface area (Å²) in [5, 5.41) is 18.4. The molecule has 0 amide bonds. The summed E-state index contributed by atoms with van der Waals surface area (Å²) in [7, 11) is 0. The van der Waals surface area contributed by atoms with Crippen molar-refractivity contribution in [1.82, 2.24) is 0 Å². The predicted octanol–water partition coefficient (Wildman–Crippen LogP) is 2.72. The highest BCUT2D eigenvalue weighted by Gasteiger charge is 2.14. The Kier molecular flexibility index (Phi) is 4.13. The average molecular weight is 294 g/mol. The number of aliphatic hydroxyl groups excluding tert-OH is 1. The Labute approximate surface area is 101 Å². The Morgan fingerprint density at radius 3 is 2.67 bits per heavy atom. The van der Waals surface area contributed by atoms with E-state index in [4.69, 9.17) is 16.7 Å². The minimum absolute atomic E-state index is 0.120. The molecule has 0 aliphatic heterocycles. The molecule has 15 heavy (non-hydrogen) atoms. The smallest absolute Gasteiger partial charge is 0.336 e. The fourth-order valence-electron chi connectivity index (χ4n) is 1.23. The lowest BCUT2D eigenvalue weighted by Gasteiger charge is -2.09. The molecule has 1 aromatic rings. The number of carboxylic acids is 1. The molecule has 0 fully saturated rings. The minimum Gasteiger partial charge on any atom is -0.478 e. The van der Waals surface area contributed by atoms with E-state index in [0.29, 0.717) is 15.9 Å². The van der Waals surface area contributed by atoms with Crippen molar-refractivity contribution in [3.05, 3.63) is 32.8 Å². The SMILES string of the molecule is CC(O)Cc1ccc(C(=O)O)c(Br)c1Cl. The Hall–Kier alpha value is -0.580. The van der Waals surface area contributed by atoms with Crippen molar-refractivity contribution < 1.29 is 15.0 Å². The van der Waals surface area contributed by atoms with Gasteiger partial charge in [0.2, 0.25) is 0 Å². The number of aliphatic hydroxyl groups is 1. The standard InChI is InChI=1S/C10H10BrClO3/c1-5(13)4-6-2-3-7(10(14)15)8(11)9(6)12/h2-3,5,13H,4H2,1H3,(H,14,15). The number of carbonyl (C=O) groups is 1. The first-order valence-corrected chi connectivity index (χ1v) is 5.48. The van der Waals surface area contributed by atoms with Crippen LogP contribution in [0.4, 0.5) is 0 Å². The number of hydrogen-bond acceptors (Lipinski definition) is 2. The molecule has 0 bridgehead atoms. The highest BCUT2D eigenvalue weighted by molar-refractivity contribution is 9.10. The van der Waals surface area contributed by atoms with Crippen molar-refractivity contribution >= 4 is 33.5 Å². The summed E-state index contributed by atoms with van der Waals surface area (Å²) in [5.74, 6) is -1.03. The number of aromatic carboxylic acids is 1. The summed E-state index contributed by atoms with van der Waals surface area (Å²) in [5.41, 5.74) is 0.845. The second-order valence-corrected chi connectivity index (χ2v) is 4.43. The van der Waals surface area contributed by atoms with E-state index in [9.17, 15) is 9.90 Å². The summed E-state index contributed by atoms with van der Waals surface area (Å²) in [6, 6.07) is 3.08. The van der Waals surface area contributed by atoms with Crippen LogP contribution in [-0.2, 0) is 6.42 Å². The largest absolute Gasteiger partial charge is 0.478 e. The second-order valence-electron chi connectivity index (χ2n) is 3.26. The van der Waals surface area contributed by atoms with E-state index in [-0.39, 0.29) is 5.56 Å². The first-order chi connectivity index (χ1) is 6.93. The summed E-state index contributed by atoms with van der Waals surface area (Å²) in [4.78, 5) is 10.8. The van der Waals surface area contributed by atoms with E-state index in [1.807, 2.05) is 0 Å². The molecule has 5 heteroatoms. The van der Waals surface area contributed by atoms with E-state index in [1.165, 1.54) is 6.07 Å². The molecule has 0 saturated carbocycles. The Balaban J connectivity index is 3.15. The van der Waals surface area contributed by atoms with Gasteiger partial charge in [-0.15, -0.1) is 0 Å². The van der Waals surface area contributed by atoms with Gasteiger partial charge in [0.25, 0.3) is 0 Å². The lowest BCUT2D eigenvalue weighted by Crippen LogP contribution is -2.06. The lowest BCUT2D eigenvalue weighted by atomic mass is 10.1. The van der Waals surface area contributed by atoms with Crippen molar-refractivity contribution in [2.45, 2.75) is 19.4 Å². The van der Waals surface area contributed by atoms with Crippen LogP contribution in [0.3, 0.4) is 0 Å². The van der Waals surface area contributed by atoms with Crippen molar-refractivity contribution in [3.8, 4) is 0 Å². The van der Waals surface area contributed by atoms with Gasteiger partial charge in [0, 0.05) is 0 Å². The fraction of sp³-hybridized carbons (Fsp3) is 0.300. The maximum Gasteiger partial charge on any atom is 0.336 e. The highest BCUT2D eigenvalue weighted by atomic mass is 79.9. The Morgan fingerprint density at radius 2 is 2.20 bits per heavy atom. The first-order valence-electron chi connectivity index (χ1n) is 4.31. The molecule has 0 radical (unpaired) electrons. The van der Waals surface area contributed by atoms with Gasteiger partial charge in [0.15, 0.2) is 0 Å². The van der Waals surface area contributed by atoms with Gasteiger partial charge < -0.3 is 10.2 Å². The van der Waals surface area contributed by atoms with Crippen LogP contribution < -0.4 is 0 Å². The summed E-state index contributed by atoms with van der Waals surface area (Å²) in [6.45, 7) is 1.65. The van der Waals surface area contributed by atoms with Crippen LogP contribution in [-0.4, -0.2) is 22.3 Å². The quantitative estimate of drug-likeness (QED) is 0.901. The highest BCUT2D eigenvalue weighted by Crippen LogP contribution is 2.30. The van der Waals surface area contributed by atoms with Crippen LogP contribution in [0.25, 0.3) is 0 Å². The van der Waals surface area contributed by atoms with Crippen molar-refractivity contribution in [2.75, 3.05) is 0 Å². The molecule has 1 rings (SSSR count). The molecule has 1 aromatic carbocycles. The molecule has 1 atom stereocenters. The molecule has 0 heterocycles. The fourth-order valence-corrected chi connectivity index (χ4v) is 2.03. The molecule has 82 valence electrons. The number of rotatable bonds is 3. The molecular weight excluding hydrogens is 283 g/mol. The number of benzene rings is 1. The first kappa shape index (κ1) is 12.5. The van der Waals surface area contributed by atoms with Crippen LogP contribution in [0.15, 0.2) is 16.6 Å². The molecule has 0 spiro atoms. The zero-order chi connectivity index (χ0) is 11.6. The molecule has 0 aromatic heterocycles. The van der Waals surface area contributed by atoms with Gasteiger partial charge in [-0.1, -0.05) is 17.7 Å². The second kappa shape index (κ2) is 4.96. The van der Waals surface area contributed by atoms with Crippen LogP contribution in [0, 0.1) is 0 Å². The van der Waals surface area contributed by atoms with Crippen LogP contribution >= 0.6 is 27.5 Å². The topological polar surface area (TPSA) is 57.5 Å². The van der Waals surface area contributed by atoms with Gasteiger partial charge in [-0.3, -0.25) is 0 Å². The summed E-state index contributed by atoms with van der Waals surface area (Å²) >= 11 is 9.09. The van der Waals surface area contributed by atoms with Gasteiger partial charge in [0.1, 0.15) is 0 Å². The van der Waals surface area contributed by atoms with Crippen LogP contribution in [0.1, 0.15) is 22.8 Å². The summed E-state index contributed by atoms with van der Waals surface area (Å²) in [6.07, 6.45) is -0.109. The van der Waals surface area contributed by atoms with E-state index >= 15 is 0 Å². The van der Waals surface area contributed by atoms with Gasteiger partial charge in [-0.25, -0.2) is 4.79 Å². The van der Waals surface area contributed by atoms with Crippen molar-refractivity contribution in [2.24, 2.45) is 0 Å². The number of halogens is 2. The minimum atomic E-state index is -1.03. The monoisotopic (exact) mass is 292 g/mol. The lowest BCUT2D eigenvalue weighted by molar-refractivity contribution is 0.0696. The van der Waals surface area contributed by atoms with Gasteiger partial charge in [0.05, 0.1) is 21.2 Å². The zero-order valence-corrected chi connectivity index (χ0v) is 10.3. The van der Waals surface area contributed by atoms with Gasteiger partial charge in [-0.05, 0) is 40.9 Å². The average Bonchev–Trinajstić information content (AvgIpc) is 2.12. The molecular formula is C10H10BrClO3. The van der Waals surface area contributed by atoms with Gasteiger partial charge in [-0.2, -0.15) is 0 Å². The van der Waals surface area contributed by atoms with E-state index in [2.05, 4.69) is 15.9 Å². The molecule has 1 unspecified atom stereocenters. The maximum absolute atomic E-state index is 10.8. The molecule has 0 saturated heterocycles. The molecule has 3 nitrogen and oxygen atoms in total.